The standard InChI is InChI=1S/C12H17BrN2O2S/c1-9-6-7-14-8-12(9)15-18(16,17)11-4-2-10(13)3-5-11/h2-5,9,12,14-15H,6-8H2,1H3. The van der Waals surface area contributed by atoms with E-state index in [1.54, 1.807) is 24.3 Å². The predicted octanol–water partition coefficient (Wildman–Crippen LogP) is 1.73. The minimum absolute atomic E-state index is 0.0348. The minimum Gasteiger partial charge on any atom is -0.315 e. The van der Waals surface area contributed by atoms with Gasteiger partial charge >= 0.3 is 0 Å². The summed E-state index contributed by atoms with van der Waals surface area (Å²) in [4.78, 5) is 0.309. The third-order valence-electron chi connectivity index (χ3n) is 3.26. The average molecular weight is 333 g/mol. The van der Waals surface area contributed by atoms with Crippen molar-refractivity contribution < 1.29 is 8.42 Å². The van der Waals surface area contributed by atoms with E-state index in [9.17, 15) is 8.42 Å². The summed E-state index contributed by atoms with van der Waals surface area (Å²) in [5.74, 6) is 0.358. The minimum atomic E-state index is -3.42. The number of hydrogen-bond donors (Lipinski definition) is 2. The molecule has 0 radical (unpaired) electrons. The molecule has 0 bridgehead atoms. The van der Waals surface area contributed by atoms with Crippen molar-refractivity contribution >= 4 is 26.0 Å². The number of nitrogens with one attached hydrogen (secondary N) is 2. The highest BCUT2D eigenvalue weighted by Gasteiger charge is 2.26. The Hall–Kier alpha value is -0.430. The molecule has 1 aromatic rings. The molecule has 2 N–H and O–H groups in total. The van der Waals surface area contributed by atoms with Gasteiger partial charge in [-0.15, -0.1) is 0 Å². The quantitative estimate of drug-likeness (QED) is 0.886. The first-order valence-electron chi connectivity index (χ1n) is 5.97. The van der Waals surface area contributed by atoms with E-state index in [0.29, 0.717) is 17.4 Å². The Morgan fingerprint density at radius 3 is 2.61 bits per heavy atom. The summed E-state index contributed by atoms with van der Waals surface area (Å²) in [6, 6.07) is 6.64. The summed E-state index contributed by atoms with van der Waals surface area (Å²) in [6.45, 7) is 3.73. The fraction of sp³-hybridized carbons (Fsp3) is 0.500. The van der Waals surface area contributed by atoms with Gasteiger partial charge in [-0.25, -0.2) is 13.1 Å². The molecule has 0 aromatic heterocycles. The van der Waals surface area contributed by atoms with E-state index < -0.39 is 10.0 Å². The summed E-state index contributed by atoms with van der Waals surface area (Å²) >= 11 is 3.30. The molecule has 6 heteroatoms. The van der Waals surface area contributed by atoms with Crippen LogP contribution in [0.4, 0.5) is 0 Å². The van der Waals surface area contributed by atoms with Crippen molar-refractivity contribution in [2.75, 3.05) is 13.1 Å². The summed E-state index contributed by atoms with van der Waals surface area (Å²) in [7, 11) is -3.42. The number of sulfonamides is 1. The van der Waals surface area contributed by atoms with Gasteiger partial charge in [-0.3, -0.25) is 0 Å². The Morgan fingerprint density at radius 1 is 1.33 bits per heavy atom. The van der Waals surface area contributed by atoms with Gasteiger partial charge in [0.2, 0.25) is 10.0 Å². The smallest absolute Gasteiger partial charge is 0.240 e. The van der Waals surface area contributed by atoms with Crippen LogP contribution in [0.5, 0.6) is 0 Å². The summed E-state index contributed by atoms with van der Waals surface area (Å²) in [5.41, 5.74) is 0. The Labute approximate surface area is 116 Å². The third-order valence-corrected chi connectivity index (χ3v) is 5.29. The second kappa shape index (κ2) is 5.69. The van der Waals surface area contributed by atoms with Crippen molar-refractivity contribution in [1.29, 1.82) is 0 Å². The maximum atomic E-state index is 12.2. The third kappa shape index (κ3) is 3.32. The fourth-order valence-electron chi connectivity index (χ4n) is 2.03. The van der Waals surface area contributed by atoms with Crippen molar-refractivity contribution in [3.05, 3.63) is 28.7 Å². The highest BCUT2D eigenvalue weighted by Crippen LogP contribution is 2.17. The van der Waals surface area contributed by atoms with Crippen LogP contribution in [0.3, 0.4) is 0 Å². The average Bonchev–Trinajstić information content (AvgIpc) is 2.32. The molecule has 1 fully saturated rings. The zero-order chi connectivity index (χ0) is 13.2. The normalized spacial score (nSPS) is 25.0. The highest BCUT2D eigenvalue weighted by atomic mass is 79.9. The van der Waals surface area contributed by atoms with Crippen molar-refractivity contribution in [3.8, 4) is 0 Å². The van der Waals surface area contributed by atoms with Crippen LogP contribution < -0.4 is 10.0 Å². The number of rotatable bonds is 3. The number of hydrogen-bond acceptors (Lipinski definition) is 3. The van der Waals surface area contributed by atoms with Gasteiger partial charge < -0.3 is 5.32 Å². The first-order valence-corrected chi connectivity index (χ1v) is 8.25. The number of benzene rings is 1. The molecular weight excluding hydrogens is 316 g/mol. The Balaban J connectivity index is 2.13. The van der Waals surface area contributed by atoms with Crippen LogP contribution >= 0.6 is 15.9 Å². The van der Waals surface area contributed by atoms with E-state index in [1.165, 1.54) is 0 Å². The SMILES string of the molecule is CC1CCNCC1NS(=O)(=O)c1ccc(Br)cc1. The van der Waals surface area contributed by atoms with Crippen LogP contribution in [-0.4, -0.2) is 27.5 Å². The van der Waals surface area contributed by atoms with Crippen LogP contribution in [-0.2, 0) is 10.0 Å². The van der Waals surface area contributed by atoms with Gasteiger partial charge in [0.1, 0.15) is 0 Å². The van der Waals surface area contributed by atoms with Gasteiger partial charge in [-0.05, 0) is 43.1 Å². The topological polar surface area (TPSA) is 58.2 Å². The van der Waals surface area contributed by atoms with E-state index in [0.717, 1.165) is 17.4 Å². The molecule has 1 saturated heterocycles. The van der Waals surface area contributed by atoms with Gasteiger partial charge in [0.25, 0.3) is 0 Å². The van der Waals surface area contributed by atoms with E-state index in [1.807, 2.05) is 0 Å². The second-order valence-electron chi connectivity index (χ2n) is 4.65. The van der Waals surface area contributed by atoms with Crippen LogP contribution in [0.15, 0.2) is 33.6 Å². The van der Waals surface area contributed by atoms with E-state index in [2.05, 4.69) is 32.9 Å². The zero-order valence-corrected chi connectivity index (χ0v) is 12.6. The van der Waals surface area contributed by atoms with Crippen LogP contribution in [0.1, 0.15) is 13.3 Å². The molecule has 1 aliphatic rings. The molecule has 2 rings (SSSR count). The van der Waals surface area contributed by atoms with Crippen LogP contribution in [0.2, 0.25) is 0 Å². The molecule has 0 amide bonds. The van der Waals surface area contributed by atoms with Gasteiger partial charge in [0, 0.05) is 17.1 Å². The molecule has 1 heterocycles. The van der Waals surface area contributed by atoms with Crippen molar-refractivity contribution in [2.45, 2.75) is 24.3 Å². The Kier molecular flexibility index (Phi) is 4.42. The molecule has 2 unspecified atom stereocenters. The second-order valence-corrected chi connectivity index (χ2v) is 7.28. The summed E-state index contributed by atoms with van der Waals surface area (Å²) < 4.78 is 28.1. The van der Waals surface area contributed by atoms with E-state index in [4.69, 9.17) is 0 Å². The van der Waals surface area contributed by atoms with Gasteiger partial charge in [0.05, 0.1) is 4.90 Å². The number of piperidine rings is 1. The molecular formula is C12H17BrN2O2S. The van der Waals surface area contributed by atoms with Crippen LogP contribution in [0.25, 0.3) is 0 Å². The first kappa shape index (κ1) is 14.0. The lowest BCUT2D eigenvalue weighted by Gasteiger charge is -2.29. The highest BCUT2D eigenvalue weighted by molar-refractivity contribution is 9.10. The zero-order valence-electron chi connectivity index (χ0n) is 10.2. The fourth-order valence-corrected chi connectivity index (χ4v) is 3.64. The molecule has 4 nitrogen and oxygen atoms in total. The molecule has 0 aliphatic carbocycles. The molecule has 0 spiro atoms. The predicted molar refractivity (Wildman–Crippen MR) is 74.9 cm³/mol. The van der Waals surface area contributed by atoms with E-state index in [-0.39, 0.29) is 6.04 Å². The van der Waals surface area contributed by atoms with Crippen molar-refractivity contribution in [1.82, 2.24) is 10.0 Å². The van der Waals surface area contributed by atoms with Crippen molar-refractivity contribution in [2.24, 2.45) is 5.92 Å². The van der Waals surface area contributed by atoms with Crippen molar-refractivity contribution in [3.63, 3.8) is 0 Å². The Morgan fingerprint density at radius 2 is 2.00 bits per heavy atom. The lowest BCUT2D eigenvalue weighted by Crippen LogP contribution is -2.50. The van der Waals surface area contributed by atoms with E-state index >= 15 is 0 Å². The molecule has 0 saturated carbocycles. The molecule has 1 aliphatic heterocycles. The lowest BCUT2D eigenvalue weighted by molar-refractivity contribution is 0.327. The maximum absolute atomic E-state index is 12.2. The Bertz CT molecular complexity index is 501. The number of halogens is 1. The monoisotopic (exact) mass is 332 g/mol. The van der Waals surface area contributed by atoms with Gasteiger partial charge in [0.15, 0.2) is 0 Å². The molecule has 2 atom stereocenters. The largest absolute Gasteiger partial charge is 0.315 e. The molecule has 1 aromatic carbocycles. The van der Waals surface area contributed by atoms with Gasteiger partial charge in [-0.2, -0.15) is 0 Å². The molecule has 100 valence electrons. The lowest BCUT2D eigenvalue weighted by atomic mass is 9.96. The summed E-state index contributed by atoms with van der Waals surface area (Å²) in [5, 5.41) is 3.21. The van der Waals surface area contributed by atoms with Crippen LogP contribution in [0, 0.1) is 5.92 Å². The summed E-state index contributed by atoms with van der Waals surface area (Å²) in [6.07, 6.45) is 0.994. The first-order chi connectivity index (χ1) is 8.49. The van der Waals surface area contributed by atoms with Gasteiger partial charge in [-0.1, -0.05) is 22.9 Å². The molecule has 18 heavy (non-hydrogen) atoms. The maximum Gasteiger partial charge on any atom is 0.240 e.